The number of hydrazone groups is 1. The van der Waals surface area contributed by atoms with Gasteiger partial charge in [0.25, 0.3) is 11.8 Å². The first-order valence-corrected chi connectivity index (χ1v) is 14.6. The van der Waals surface area contributed by atoms with Crippen molar-refractivity contribution in [3.8, 4) is 5.75 Å². The van der Waals surface area contributed by atoms with Crippen molar-refractivity contribution >= 4 is 35.3 Å². The molecule has 0 aromatic heterocycles. The molecule has 0 saturated carbocycles. The maximum Gasteiger partial charge on any atom is 0.273 e. The summed E-state index contributed by atoms with van der Waals surface area (Å²) in [6.45, 7) is 5.42. The number of nitrogens with zero attached hydrogens (tertiary/aromatic N) is 3. The van der Waals surface area contributed by atoms with E-state index in [0.29, 0.717) is 27.9 Å². The monoisotopic (exact) mass is 573 g/mol. The summed E-state index contributed by atoms with van der Waals surface area (Å²) < 4.78 is 0. The average Bonchev–Trinajstić information content (AvgIpc) is 2.99. The topological polar surface area (TPSA) is 97.3 Å². The van der Waals surface area contributed by atoms with E-state index in [4.69, 9.17) is 11.6 Å². The van der Waals surface area contributed by atoms with Crippen molar-refractivity contribution < 1.29 is 14.7 Å². The number of phenolic OH excluding ortho intramolecular Hbond substituents is 1. The quantitative estimate of drug-likeness (QED) is 0.244. The van der Waals surface area contributed by atoms with Gasteiger partial charge < -0.3 is 15.3 Å². The summed E-state index contributed by atoms with van der Waals surface area (Å²) in [5.41, 5.74) is 5.20. The lowest BCUT2D eigenvalue weighted by molar-refractivity contribution is 0.0896. The van der Waals surface area contributed by atoms with Crippen molar-refractivity contribution in [3.05, 3.63) is 94.0 Å². The molecule has 0 spiro atoms. The van der Waals surface area contributed by atoms with E-state index in [-0.39, 0.29) is 17.2 Å². The number of anilines is 1. The SMILES string of the molecule is O=C(Nc1ccc(Cl)cc1C(=O)N/N=C/c1cccc(O)c1)c1cccc(CN2CCC(N3CCCCC3)CC2)c1. The number of nitrogens with one attached hydrogen (secondary N) is 2. The first-order valence-electron chi connectivity index (χ1n) is 14.2. The molecular formula is C32H36ClN5O3. The summed E-state index contributed by atoms with van der Waals surface area (Å²) in [4.78, 5) is 31.3. The van der Waals surface area contributed by atoms with Gasteiger partial charge in [0.15, 0.2) is 0 Å². The number of halogens is 1. The van der Waals surface area contributed by atoms with Gasteiger partial charge in [-0.2, -0.15) is 5.10 Å². The minimum absolute atomic E-state index is 0.0987. The summed E-state index contributed by atoms with van der Waals surface area (Å²) >= 11 is 6.16. The molecule has 9 heteroatoms. The Bertz CT molecular complexity index is 1400. The molecule has 0 unspecified atom stereocenters. The highest BCUT2D eigenvalue weighted by atomic mass is 35.5. The molecule has 2 aliphatic heterocycles. The van der Waals surface area contributed by atoms with Gasteiger partial charge in [0, 0.05) is 23.2 Å². The van der Waals surface area contributed by atoms with E-state index in [2.05, 4.69) is 31.7 Å². The van der Waals surface area contributed by atoms with E-state index in [0.717, 1.165) is 25.2 Å². The number of aromatic hydroxyl groups is 1. The van der Waals surface area contributed by atoms with E-state index in [9.17, 15) is 14.7 Å². The normalized spacial score (nSPS) is 17.0. The van der Waals surface area contributed by atoms with E-state index >= 15 is 0 Å². The molecule has 8 nitrogen and oxygen atoms in total. The van der Waals surface area contributed by atoms with Gasteiger partial charge in [-0.15, -0.1) is 0 Å². The molecule has 2 heterocycles. The van der Waals surface area contributed by atoms with Crippen molar-refractivity contribution in [1.29, 1.82) is 0 Å². The largest absolute Gasteiger partial charge is 0.508 e. The predicted octanol–water partition coefficient (Wildman–Crippen LogP) is 5.51. The summed E-state index contributed by atoms with van der Waals surface area (Å²) in [6.07, 6.45) is 7.82. The molecule has 3 N–H and O–H groups in total. The Labute approximate surface area is 246 Å². The fraction of sp³-hybridized carbons (Fsp3) is 0.344. The van der Waals surface area contributed by atoms with E-state index in [1.165, 1.54) is 63.5 Å². The zero-order valence-electron chi connectivity index (χ0n) is 23.1. The third kappa shape index (κ3) is 7.94. The highest BCUT2D eigenvalue weighted by molar-refractivity contribution is 6.31. The van der Waals surface area contributed by atoms with Crippen LogP contribution in [0.25, 0.3) is 0 Å². The highest BCUT2D eigenvalue weighted by Crippen LogP contribution is 2.24. The predicted molar refractivity (Wildman–Crippen MR) is 163 cm³/mol. The van der Waals surface area contributed by atoms with Crippen LogP contribution in [0, 0.1) is 0 Å². The summed E-state index contributed by atoms with van der Waals surface area (Å²) in [5, 5.41) is 16.8. The van der Waals surface area contributed by atoms with Crippen molar-refractivity contribution in [2.75, 3.05) is 31.5 Å². The van der Waals surface area contributed by atoms with Crippen LogP contribution in [0.15, 0.2) is 71.8 Å². The van der Waals surface area contributed by atoms with Gasteiger partial charge in [-0.1, -0.05) is 42.3 Å². The van der Waals surface area contributed by atoms with Crippen LogP contribution in [0.5, 0.6) is 5.75 Å². The molecule has 0 radical (unpaired) electrons. The molecule has 41 heavy (non-hydrogen) atoms. The van der Waals surface area contributed by atoms with Crippen LogP contribution in [0.4, 0.5) is 5.69 Å². The molecule has 0 atom stereocenters. The van der Waals surface area contributed by atoms with E-state index in [1.54, 1.807) is 36.4 Å². The van der Waals surface area contributed by atoms with E-state index < -0.39 is 5.91 Å². The Morgan fingerprint density at radius 3 is 2.49 bits per heavy atom. The molecule has 2 aliphatic rings. The number of piperidine rings is 2. The molecule has 0 aliphatic carbocycles. The van der Waals surface area contributed by atoms with Gasteiger partial charge in [0.2, 0.25) is 0 Å². The molecular weight excluding hydrogens is 538 g/mol. The Hall–Kier alpha value is -3.72. The van der Waals surface area contributed by atoms with Crippen LogP contribution >= 0.6 is 11.6 Å². The van der Waals surface area contributed by atoms with Gasteiger partial charge in [0.05, 0.1) is 17.5 Å². The minimum atomic E-state index is -0.527. The highest BCUT2D eigenvalue weighted by Gasteiger charge is 2.25. The number of benzene rings is 3. The summed E-state index contributed by atoms with van der Waals surface area (Å²) in [5.74, 6) is -0.738. The number of phenols is 1. The smallest absolute Gasteiger partial charge is 0.273 e. The molecule has 0 bridgehead atoms. The second kappa shape index (κ2) is 13.8. The van der Waals surface area contributed by atoms with Crippen LogP contribution in [0.2, 0.25) is 5.02 Å². The fourth-order valence-electron chi connectivity index (χ4n) is 5.63. The molecule has 2 saturated heterocycles. The average molecular weight is 574 g/mol. The number of carbonyl (C=O) groups excluding carboxylic acids is 2. The molecule has 2 amide bonds. The van der Waals surface area contributed by atoms with Crippen molar-refractivity contribution in [2.24, 2.45) is 5.10 Å². The van der Waals surface area contributed by atoms with Crippen molar-refractivity contribution in [3.63, 3.8) is 0 Å². The number of rotatable bonds is 8. The first-order chi connectivity index (χ1) is 19.9. The van der Waals surface area contributed by atoms with Gasteiger partial charge >= 0.3 is 0 Å². The van der Waals surface area contributed by atoms with Crippen LogP contribution in [-0.4, -0.2) is 65.2 Å². The summed E-state index contributed by atoms with van der Waals surface area (Å²) in [6, 6.07) is 19.5. The number of amides is 2. The van der Waals surface area contributed by atoms with Gasteiger partial charge in [0.1, 0.15) is 5.75 Å². The number of carbonyl (C=O) groups is 2. The Morgan fingerprint density at radius 2 is 1.71 bits per heavy atom. The van der Waals surface area contributed by atoms with Crippen LogP contribution in [0.3, 0.4) is 0 Å². The van der Waals surface area contributed by atoms with Crippen LogP contribution < -0.4 is 10.7 Å². The first kappa shape index (κ1) is 28.8. The standard InChI is InChI=1S/C32H36ClN5O3/c33-26-10-11-30(29(20-26)32(41)36-34-21-23-6-5-9-28(39)19-23)35-31(40)25-8-4-7-24(18-25)22-37-16-12-27(13-17-37)38-14-2-1-3-15-38/h4-11,18-21,27,39H,1-3,12-17,22H2,(H,35,40)(H,36,41)/b34-21+. The molecule has 3 aromatic carbocycles. The zero-order valence-corrected chi connectivity index (χ0v) is 23.8. The van der Waals surface area contributed by atoms with Crippen molar-refractivity contribution in [1.82, 2.24) is 15.2 Å². The lowest BCUT2D eigenvalue weighted by Gasteiger charge is -2.40. The zero-order chi connectivity index (χ0) is 28.6. The molecule has 214 valence electrons. The van der Waals surface area contributed by atoms with Crippen LogP contribution in [-0.2, 0) is 6.54 Å². The molecule has 3 aromatic rings. The van der Waals surface area contributed by atoms with Gasteiger partial charge in [-0.3, -0.25) is 14.5 Å². The number of likely N-dealkylation sites (tertiary alicyclic amines) is 2. The van der Waals surface area contributed by atoms with Gasteiger partial charge in [-0.05, 0) is 105 Å². The lowest BCUT2D eigenvalue weighted by Crippen LogP contribution is -2.46. The molecule has 2 fully saturated rings. The Kier molecular flexibility index (Phi) is 9.67. The minimum Gasteiger partial charge on any atom is -0.508 e. The lowest BCUT2D eigenvalue weighted by atomic mass is 9.99. The third-order valence-corrected chi connectivity index (χ3v) is 8.02. The number of hydrogen-bond acceptors (Lipinski definition) is 6. The Morgan fingerprint density at radius 1 is 0.927 bits per heavy atom. The van der Waals surface area contributed by atoms with Gasteiger partial charge in [-0.25, -0.2) is 5.43 Å². The second-order valence-electron chi connectivity index (χ2n) is 10.7. The second-order valence-corrected chi connectivity index (χ2v) is 11.2. The van der Waals surface area contributed by atoms with Crippen LogP contribution in [0.1, 0.15) is 63.9 Å². The molecule has 5 rings (SSSR count). The number of hydrogen-bond donors (Lipinski definition) is 3. The van der Waals surface area contributed by atoms with Crippen molar-refractivity contribution in [2.45, 2.75) is 44.7 Å². The Balaban J connectivity index is 1.19. The third-order valence-electron chi connectivity index (χ3n) is 7.78. The van der Waals surface area contributed by atoms with E-state index in [1.807, 2.05) is 12.1 Å². The maximum absolute atomic E-state index is 13.2. The maximum atomic E-state index is 13.2. The fourth-order valence-corrected chi connectivity index (χ4v) is 5.81. The summed E-state index contributed by atoms with van der Waals surface area (Å²) in [7, 11) is 0.